The minimum atomic E-state index is 0.00198. The largest absolute Gasteiger partial charge is 0.489 e. The van der Waals surface area contributed by atoms with Gasteiger partial charge in [-0.25, -0.2) is 0 Å². The van der Waals surface area contributed by atoms with Gasteiger partial charge in [-0.05, 0) is 49.9 Å². The number of hydrogen-bond acceptors (Lipinski definition) is 3. The van der Waals surface area contributed by atoms with E-state index in [0.29, 0.717) is 18.1 Å². The molecule has 1 unspecified atom stereocenters. The van der Waals surface area contributed by atoms with E-state index in [0.717, 1.165) is 30.4 Å². The molecule has 1 amide bonds. The van der Waals surface area contributed by atoms with Crippen LogP contribution in [0.3, 0.4) is 0 Å². The van der Waals surface area contributed by atoms with E-state index in [-0.39, 0.29) is 5.91 Å². The maximum absolute atomic E-state index is 12.7. The third-order valence-corrected chi connectivity index (χ3v) is 5.33. The van der Waals surface area contributed by atoms with Gasteiger partial charge in [0.25, 0.3) is 5.91 Å². The Balaban J connectivity index is 1.32. The molecule has 1 aliphatic carbocycles. The first-order valence-electron chi connectivity index (χ1n) is 9.57. The molecule has 1 atom stereocenters. The van der Waals surface area contributed by atoms with Gasteiger partial charge in [-0.1, -0.05) is 36.4 Å². The molecule has 0 aromatic heterocycles. The van der Waals surface area contributed by atoms with Crippen LogP contribution in [0.5, 0.6) is 5.75 Å². The molecular weight excluding hydrogens is 324 g/mol. The zero-order valence-corrected chi connectivity index (χ0v) is 15.1. The van der Waals surface area contributed by atoms with Gasteiger partial charge in [0, 0.05) is 30.3 Å². The monoisotopic (exact) mass is 350 g/mol. The van der Waals surface area contributed by atoms with Crippen molar-refractivity contribution in [2.24, 2.45) is 5.92 Å². The summed E-state index contributed by atoms with van der Waals surface area (Å²) in [6.45, 7) is 3.47. The first-order chi connectivity index (χ1) is 12.8. The van der Waals surface area contributed by atoms with Gasteiger partial charge in [0.15, 0.2) is 0 Å². The Morgan fingerprint density at radius 3 is 2.62 bits per heavy atom. The molecule has 0 radical (unpaired) electrons. The van der Waals surface area contributed by atoms with Crippen molar-refractivity contribution in [1.82, 2.24) is 10.2 Å². The van der Waals surface area contributed by atoms with Crippen molar-refractivity contribution in [3.8, 4) is 5.75 Å². The van der Waals surface area contributed by atoms with Crippen molar-refractivity contribution in [2.45, 2.75) is 31.9 Å². The Morgan fingerprint density at radius 1 is 1.04 bits per heavy atom. The normalized spacial score (nSPS) is 20.1. The maximum Gasteiger partial charge on any atom is 0.251 e. The number of benzene rings is 2. The second-order valence-electron chi connectivity index (χ2n) is 7.35. The molecule has 4 rings (SSSR count). The van der Waals surface area contributed by atoms with Crippen LogP contribution in [-0.4, -0.2) is 36.5 Å². The van der Waals surface area contributed by atoms with Crippen molar-refractivity contribution in [3.63, 3.8) is 0 Å². The number of nitrogens with one attached hydrogen (secondary N) is 1. The number of nitrogens with zero attached hydrogens (tertiary/aromatic N) is 1. The molecule has 1 saturated heterocycles. The molecule has 1 N–H and O–H groups in total. The number of rotatable bonds is 7. The minimum absolute atomic E-state index is 0.00198. The molecule has 1 aliphatic heterocycles. The Hall–Kier alpha value is -2.33. The van der Waals surface area contributed by atoms with Gasteiger partial charge in [-0.15, -0.1) is 0 Å². The number of ether oxygens (including phenoxy) is 1. The van der Waals surface area contributed by atoms with E-state index in [4.69, 9.17) is 4.74 Å². The second kappa shape index (κ2) is 7.92. The summed E-state index contributed by atoms with van der Waals surface area (Å²) in [6.07, 6.45) is 3.90. The smallest absolute Gasteiger partial charge is 0.251 e. The molecule has 2 aliphatic rings. The topological polar surface area (TPSA) is 41.6 Å². The van der Waals surface area contributed by atoms with E-state index in [2.05, 4.69) is 10.2 Å². The highest BCUT2D eigenvalue weighted by atomic mass is 16.5. The van der Waals surface area contributed by atoms with Crippen LogP contribution in [0, 0.1) is 5.92 Å². The summed E-state index contributed by atoms with van der Waals surface area (Å²) in [5, 5.41) is 3.14. The average Bonchev–Trinajstić information content (AvgIpc) is 3.44. The summed E-state index contributed by atoms with van der Waals surface area (Å²) in [5.74, 6) is 1.39. The molecular formula is C22H26N2O2. The summed E-state index contributed by atoms with van der Waals surface area (Å²) in [5.41, 5.74) is 1.63. The number of amides is 1. The lowest BCUT2D eigenvalue weighted by Gasteiger charge is -2.16. The third kappa shape index (κ3) is 4.25. The average molecular weight is 350 g/mol. The van der Waals surface area contributed by atoms with E-state index < -0.39 is 0 Å². The Bertz CT molecular complexity index is 743. The molecule has 136 valence electrons. The number of para-hydroxylation sites is 1. The van der Waals surface area contributed by atoms with Crippen LogP contribution >= 0.6 is 0 Å². The zero-order chi connectivity index (χ0) is 17.8. The molecule has 4 heteroatoms. The van der Waals surface area contributed by atoms with E-state index >= 15 is 0 Å². The molecule has 2 fully saturated rings. The van der Waals surface area contributed by atoms with Gasteiger partial charge in [0.05, 0.1) is 0 Å². The van der Waals surface area contributed by atoms with Gasteiger partial charge >= 0.3 is 0 Å². The van der Waals surface area contributed by atoms with Crippen LogP contribution in [0.25, 0.3) is 0 Å². The summed E-state index contributed by atoms with van der Waals surface area (Å²) in [7, 11) is 0. The van der Waals surface area contributed by atoms with E-state index in [1.54, 1.807) is 0 Å². The van der Waals surface area contributed by atoms with Crippen LogP contribution in [0.2, 0.25) is 0 Å². The van der Waals surface area contributed by atoms with Gasteiger partial charge < -0.3 is 15.0 Å². The minimum Gasteiger partial charge on any atom is -0.489 e. The fourth-order valence-electron chi connectivity index (χ4n) is 3.68. The van der Waals surface area contributed by atoms with Crippen molar-refractivity contribution < 1.29 is 9.53 Å². The van der Waals surface area contributed by atoms with Crippen molar-refractivity contribution >= 4 is 5.91 Å². The van der Waals surface area contributed by atoms with Crippen LogP contribution in [0.1, 0.15) is 35.2 Å². The number of carbonyl (C=O) groups is 1. The Labute approximate surface area is 155 Å². The predicted octanol–water partition coefficient (Wildman–Crippen LogP) is 3.48. The lowest BCUT2D eigenvalue weighted by Crippen LogP contribution is -2.32. The molecule has 2 aromatic rings. The number of carbonyl (C=O) groups excluding carboxylic acids is 1. The van der Waals surface area contributed by atoms with Crippen molar-refractivity contribution in [2.75, 3.05) is 19.6 Å². The molecule has 0 bridgehead atoms. The van der Waals surface area contributed by atoms with Gasteiger partial charge in [-0.2, -0.15) is 0 Å². The second-order valence-corrected chi connectivity index (χ2v) is 7.35. The molecule has 26 heavy (non-hydrogen) atoms. The summed E-state index contributed by atoms with van der Waals surface area (Å²) < 4.78 is 5.82. The highest BCUT2D eigenvalue weighted by Gasteiger charge is 2.34. The third-order valence-electron chi connectivity index (χ3n) is 5.33. The fraction of sp³-hybridized carbons (Fsp3) is 0.409. The molecule has 4 nitrogen and oxygen atoms in total. The first-order valence-corrected chi connectivity index (χ1v) is 9.57. The Morgan fingerprint density at radius 2 is 1.81 bits per heavy atom. The quantitative estimate of drug-likeness (QED) is 0.831. The zero-order valence-electron chi connectivity index (χ0n) is 15.1. The number of hydrogen-bond donors (Lipinski definition) is 1. The van der Waals surface area contributed by atoms with Gasteiger partial charge in [-0.3, -0.25) is 4.79 Å². The van der Waals surface area contributed by atoms with E-state index in [1.165, 1.54) is 25.8 Å². The first kappa shape index (κ1) is 17.1. The maximum atomic E-state index is 12.7. The summed E-state index contributed by atoms with van der Waals surface area (Å²) >= 11 is 0. The van der Waals surface area contributed by atoms with Crippen molar-refractivity contribution in [3.05, 3.63) is 65.7 Å². The van der Waals surface area contributed by atoms with Gasteiger partial charge in [0.1, 0.15) is 12.4 Å². The van der Waals surface area contributed by atoms with E-state index in [1.807, 2.05) is 54.6 Å². The molecule has 1 saturated carbocycles. The highest BCUT2D eigenvalue weighted by molar-refractivity contribution is 5.95. The van der Waals surface area contributed by atoms with Crippen LogP contribution in [0.4, 0.5) is 0 Å². The van der Waals surface area contributed by atoms with Crippen LogP contribution in [0.15, 0.2) is 54.6 Å². The van der Waals surface area contributed by atoms with Crippen molar-refractivity contribution in [1.29, 1.82) is 0 Å². The molecule has 1 heterocycles. The number of likely N-dealkylation sites (tertiary alicyclic amines) is 1. The van der Waals surface area contributed by atoms with Crippen LogP contribution < -0.4 is 10.1 Å². The standard InChI is InChI=1S/C22H26N2O2/c25-22(23-14-17-12-13-24(15-17)19-10-11-19)21-9-5-4-6-18(21)16-26-20-7-2-1-3-8-20/h1-9,17,19H,10-16H2,(H,23,25). The highest BCUT2D eigenvalue weighted by Crippen LogP contribution is 2.31. The van der Waals surface area contributed by atoms with Gasteiger partial charge in [0.2, 0.25) is 0 Å². The molecule has 0 spiro atoms. The lowest BCUT2D eigenvalue weighted by atomic mass is 10.1. The van der Waals surface area contributed by atoms with Crippen LogP contribution in [-0.2, 0) is 6.61 Å². The Kier molecular flexibility index (Phi) is 5.21. The lowest BCUT2D eigenvalue weighted by molar-refractivity contribution is 0.0945. The summed E-state index contributed by atoms with van der Waals surface area (Å²) in [4.78, 5) is 15.3. The van der Waals surface area contributed by atoms with E-state index in [9.17, 15) is 4.79 Å². The SMILES string of the molecule is O=C(NCC1CCN(C2CC2)C1)c1ccccc1COc1ccccc1. The fourth-order valence-corrected chi connectivity index (χ4v) is 3.68. The molecule has 2 aromatic carbocycles. The predicted molar refractivity (Wildman–Crippen MR) is 102 cm³/mol. The summed E-state index contributed by atoms with van der Waals surface area (Å²) in [6, 6.07) is 18.2.